The first-order chi connectivity index (χ1) is 13.9. The Bertz CT molecular complexity index is 1100. The number of ether oxygens (including phenoxy) is 1. The second-order valence-corrected chi connectivity index (χ2v) is 7.05. The van der Waals surface area contributed by atoms with Gasteiger partial charge < -0.3 is 10.1 Å². The summed E-state index contributed by atoms with van der Waals surface area (Å²) in [6.07, 6.45) is 0. The topological polar surface area (TPSA) is 90.3 Å². The molecule has 0 aliphatic rings. The molecule has 0 spiro atoms. The molecule has 0 unspecified atom stereocenters. The monoisotopic (exact) mass is 393 g/mol. The zero-order valence-corrected chi connectivity index (χ0v) is 16.6. The van der Waals surface area contributed by atoms with E-state index in [9.17, 15) is 14.4 Å². The Hall–Kier alpha value is -3.48. The van der Waals surface area contributed by atoms with Gasteiger partial charge in [-0.05, 0) is 22.8 Å². The Labute approximate surface area is 168 Å². The third kappa shape index (κ3) is 4.51. The van der Waals surface area contributed by atoms with E-state index >= 15 is 0 Å². The largest absolute Gasteiger partial charge is 0.467 e. The number of esters is 1. The van der Waals surface area contributed by atoms with Gasteiger partial charge in [0.1, 0.15) is 12.6 Å². The standard InChI is InChI=1S/C22H23N3O4/c1-14(2)21(22(28)29-3)23-19(26)13-25-20(27)12-11-18(24-25)17-10-6-8-15-7-4-5-9-16(15)17/h4-12,14,21H,13H2,1-3H3,(H,23,26)/t21-/m0/s1. The molecule has 1 aromatic heterocycles. The zero-order chi connectivity index (χ0) is 21.0. The van der Waals surface area contributed by atoms with E-state index in [2.05, 4.69) is 10.4 Å². The van der Waals surface area contributed by atoms with Gasteiger partial charge in [0.2, 0.25) is 5.91 Å². The fourth-order valence-corrected chi connectivity index (χ4v) is 3.13. The van der Waals surface area contributed by atoms with Gasteiger partial charge in [-0.3, -0.25) is 9.59 Å². The molecule has 0 saturated heterocycles. The van der Waals surface area contributed by atoms with Crippen LogP contribution in [0, 0.1) is 5.92 Å². The van der Waals surface area contributed by atoms with Crippen molar-refractivity contribution in [3.8, 4) is 11.3 Å². The molecule has 0 saturated carbocycles. The molecule has 7 nitrogen and oxygen atoms in total. The van der Waals surface area contributed by atoms with Crippen LogP contribution in [0.3, 0.4) is 0 Å². The summed E-state index contributed by atoms with van der Waals surface area (Å²) in [5.41, 5.74) is 1.05. The highest BCUT2D eigenvalue weighted by molar-refractivity contribution is 5.95. The Morgan fingerprint density at radius 2 is 1.79 bits per heavy atom. The molecule has 2 aromatic carbocycles. The number of nitrogens with zero attached hydrogens (tertiary/aromatic N) is 2. The first-order valence-electron chi connectivity index (χ1n) is 9.34. The molecule has 1 heterocycles. The number of carbonyl (C=O) groups is 2. The van der Waals surface area contributed by atoms with Crippen molar-refractivity contribution in [1.82, 2.24) is 15.1 Å². The molecule has 0 fully saturated rings. The summed E-state index contributed by atoms with van der Waals surface area (Å²) < 4.78 is 5.83. The van der Waals surface area contributed by atoms with Crippen molar-refractivity contribution in [1.29, 1.82) is 0 Å². The number of aromatic nitrogens is 2. The van der Waals surface area contributed by atoms with E-state index < -0.39 is 23.5 Å². The molecule has 1 N–H and O–H groups in total. The number of amides is 1. The number of rotatable bonds is 6. The van der Waals surface area contributed by atoms with Gasteiger partial charge in [-0.2, -0.15) is 5.10 Å². The number of methoxy groups -OCH3 is 1. The third-order valence-corrected chi connectivity index (χ3v) is 4.66. The van der Waals surface area contributed by atoms with Gasteiger partial charge >= 0.3 is 5.97 Å². The van der Waals surface area contributed by atoms with Gasteiger partial charge in [-0.1, -0.05) is 56.3 Å². The quantitative estimate of drug-likeness (QED) is 0.650. The maximum atomic E-state index is 12.4. The number of fused-ring (bicyclic) bond motifs is 1. The summed E-state index contributed by atoms with van der Waals surface area (Å²) in [7, 11) is 1.27. The lowest BCUT2D eigenvalue weighted by molar-refractivity contribution is -0.146. The number of nitrogens with one attached hydrogen (secondary N) is 1. The number of hydrogen-bond acceptors (Lipinski definition) is 5. The average Bonchev–Trinajstić information content (AvgIpc) is 2.72. The fraction of sp³-hybridized carbons (Fsp3) is 0.273. The molecule has 3 rings (SSSR count). The number of benzene rings is 2. The number of carbonyl (C=O) groups excluding carboxylic acids is 2. The van der Waals surface area contributed by atoms with Crippen molar-refractivity contribution in [3.05, 3.63) is 65.0 Å². The van der Waals surface area contributed by atoms with Crippen LogP contribution in [0.2, 0.25) is 0 Å². The molecule has 0 radical (unpaired) electrons. The van der Waals surface area contributed by atoms with Crippen molar-refractivity contribution in [2.45, 2.75) is 26.4 Å². The second-order valence-electron chi connectivity index (χ2n) is 7.05. The second kappa shape index (κ2) is 8.68. The van der Waals surface area contributed by atoms with E-state index in [1.54, 1.807) is 19.9 Å². The highest BCUT2D eigenvalue weighted by Gasteiger charge is 2.25. The van der Waals surface area contributed by atoms with Crippen molar-refractivity contribution < 1.29 is 14.3 Å². The smallest absolute Gasteiger partial charge is 0.328 e. The Balaban J connectivity index is 1.89. The molecule has 0 aliphatic carbocycles. The van der Waals surface area contributed by atoms with Crippen LogP contribution in [-0.2, 0) is 20.9 Å². The molecular formula is C22H23N3O4. The molecule has 7 heteroatoms. The van der Waals surface area contributed by atoms with Crippen LogP contribution >= 0.6 is 0 Å². The Morgan fingerprint density at radius 3 is 2.52 bits per heavy atom. The summed E-state index contributed by atoms with van der Waals surface area (Å²) >= 11 is 0. The summed E-state index contributed by atoms with van der Waals surface area (Å²) in [6, 6.07) is 16.0. The predicted octanol–water partition coefficient (Wildman–Crippen LogP) is 2.38. The SMILES string of the molecule is COC(=O)[C@@H](NC(=O)Cn1nc(-c2cccc3ccccc23)ccc1=O)C(C)C. The van der Waals surface area contributed by atoms with Crippen molar-refractivity contribution in [2.24, 2.45) is 5.92 Å². The van der Waals surface area contributed by atoms with Crippen molar-refractivity contribution in [2.75, 3.05) is 7.11 Å². The van der Waals surface area contributed by atoms with Gasteiger partial charge in [-0.25, -0.2) is 9.48 Å². The van der Waals surface area contributed by atoms with Gasteiger partial charge in [-0.15, -0.1) is 0 Å². The Kier molecular flexibility index (Phi) is 6.07. The minimum Gasteiger partial charge on any atom is -0.467 e. The van der Waals surface area contributed by atoms with Crippen LogP contribution in [0.5, 0.6) is 0 Å². The van der Waals surface area contributed by atoms with Crippen molar-refractivity contribution >= 4 is 22.6 Å². The van der Waals surface area contributed by atoms with Crippen LogP contribution in [-0.4, -0.2) is 34.8 Å². The maximum absolute atomic E-state index is 12.4. The highest BCUT2D eigenvalue weighted by atomic mass is 16.5. The van der Waals surface area contributed by atoms with Gasteiger partial charge in [0.05, 0.1) is 12.8 Å². The van der Waals surface area contributed by atoms with Crippen LogP contribution in [0.4, 0.5) is 0 Å². The molecule has 150 valence electrons. The average molecular weight is 393 g/mol. The summed E-state index contributed by atoms with van der Waals surface area (Å²) in [5, 5.41) is 9.05. The molecule has 29 heavy (non-hydrogen) atoms. The number of hydrogen-bond donors (Lipinski definition) is 1. The third-order valence-electron chi connectivity index (χ3n) is 4.66. The summed E-state index contributed by atoms with van der Waals surface area (Å²) in [5.74, 6) is -1.17. The first-order valence-corrected chi connectivity index (χ1v) is 9.34. The highest BCUT2D eigenvalue weighted by Crippen LogP contribution is 2.26. The lowest BCUT2D eigenvalue weighted by atomic mass is 10.0. The van der Waals surface area contributed by atoms with E-state index in [-0.39, 0.29) is 12.5 Å². The predicted molar refractivity (Wildman–Crippen MR) is 110 cm³/mol. The van der Waals surface area contributed by atoms with Crippen molar-refractivity contribution in [3.63, 3.8) is 0 Å². The van der Waals surface area contributed by atoms with E-state index in [1.165, 1.54) is 13.2 Å². The van der Waals surface area contributed by atoms with Crippen LogP contribution < -0.4 is 10.9 Å². The van der Waals surface area contributed by atoms with Crippen LogP contribution in [0.15, 0.2) is 59.4 Å². The Morgan fingerprint density at radius 1 is 1.07 bits per heavy atom. The summed E-state index contributed by atoms with van der Waals surface area (Å²) in [4.78, 5) is 36.5. The van der Waals surface area contributed by atoms with E-state index in [4.69, 9.17) is 4.74 Å². The fourth-order valence-electron chi connectivity index (χ4n) is 3.13. The molecule has 1 atom stereocenters. The lowest BCUT2D eigenvalue weighted by Gasteiger charge is -2.19. The van der Waals surface area contributed by atoms with E-state index in [0.29, 0.717) is 5.69 Å². The normalized spacial score (nSPS) is 12.0. The lowest BCUT2D eigenvalue weighted by Crippen LogP contribution is -2.47. The first kappa shape index (κ1) is 20.3. The molecule has 3 aromatic rings. The van der Waals surface area contributed by atoms with E-state index in [1.807, 2.05) is 42.5 Å². The molecule has 1 amide bonds. The van der Waals surface area contributed by atoms with E-state index in [0.717, 1.165) is 21.0 Å². The van der Waals surface area contributed by atoms with Gasteiger partial charge in [0.25, 0.3) is 5.56 Å². The molecule has 0 aliphatic heterocycles. The molecule has 0 bridgehead atoms. The van der Waals surface area contributed by atoms with Gasteiger partial charge in [0.15, 0.2) is 0 Å². The molecular weight excluding hydrogens is 370 g/mol. The zero-order valence-electron chi connectivity index (χ0n) is 16.6. The maximum Gasteiger partial charge on any atom is 0.328 e. The van der Waals surface area contributed by atoms with Crippen LogP contribution in [0.1, 0.15) is 13.8 Å². The minimum atomic E-state index is -0.788. The summed E-state index contributed by atoms with van der Waals surface area (Å²) in [6.45, 7) is 3.30. The van der Waals surface area contributed by atoms with Crippen LogP contribution in [0.25, 0.3) is 22.0 Å². The minimum absolute atomic E-state index is 0.155. The van der Waals surface area contributed by atoms with Gasteiger partial charge in [0, 0.05) is 11.6 Å².